The van der Waals surface area contributed by atoms with Crippen LogP contribution in [0.25, 0.3) is 17.0 Å². The maximum atomic E-state index is 12.8. The lowest BCUT2D eigenvalue weighted by molar-refractivity contribution is -0.127. The second-order valence-electron chi connectivity index (χ2n) is 7.38. The fourth-order valence-electron chi connectivity index (χ4n) is 3.53. The lowest BCUT2D eigenvalue weighted by Crippen LogP contribution is -2.36. The van der Waals surface area contributed by atoms with Crippen LogP contribution in [0.4, 0.5) is 10.5 Å². The van der Waals surface area contributed by atoms with Crippen LogP contribution in [-0.2, 0) is 20.9 Å². The van der Waals surface area contributed by atoms with Crippen LogP contribution in [0.2, 0.25) is 0 Å². The van der Waals surface area contributed by atoms with Gasteiger partial charge in [-0.05, 0) is 48.5 Å². The Bertz CT molecular complexity index is 1290. The number of hydrogen-bond acceptors (Lipinski definition) is 5. The van der Waals surface area contributed by atoms with E-state index in [0.29, 0.717) is 11.3 Å². The van der Waals surface area contributed by atoms with Gasteiger partial charge in [-0.3, -0.25) is 24.1 Å². The molecule has 4 amide bonds. The van der Waals surface area contributed by atoms with E-state index in [9.17, 15) is 19.2 Å². The standard InChI is InChI=1S/C23H20N4O4S/c1-14-5-4-6-16(9-14)25-21(29)13-27-22(30)19(32-23(27)31)10-15-11-26(12-20(24)28)18-8-3-2-7-17(15)18/h2-11H,12-13H2,1H3,(H2,24,28)(H,25,29)/b19-10+. The topological polar surface area (TPSA) is 114 Å². The molecule has 1 fully saturated rings. The molecule has 1 aromatic heterocycles. The van der Waals surface area contributed by atoms with Gasteiger partial charge in [-0.15, -0.1) is 0 Å². The number of nitrogens with two attached hydrogens (primary N) is 1. The Labute approximate surface area is 188 Å². The van der Waals surface area contributed by atoms with Crippen LogP contribution in [0.1, 0.15) is 11.1 Å². The van der Waals surface area contributed by atoms with E-state index in [1.54, 1.807) is 29.0 Å². The largest absolute Gasteiger partial charge is 0.368 e. The number of primary amides is 1. The average Bonchev–Trinajstić information content (AvgIpc) is 3.20. The molecule has 0 radical (unpaired) electrons. The molecule has 9 heteroatoms. The van der Waals surface area contributed by atoms with E-state index in [0.717, 1.165) is 33.1 Å². The van der Waals surface area contributed by atoms with E-state index in [1.807, 2.05) is 43.3 Å². The summed E-state index contributed by atoms with van der Waals surface area (Å²) in [6, 6.07) is 14.6. The zero-order chi connectivity index (χ0) is 22.8. The van der Waals surface area contributed by atoms with Crippen LogP contribution < -0.4 is 11.1 Å². The number of benzene rings is 2. The first-order valence-electron chi connectivity index (χ1n) is 9.80. The molecule has 0 unspecified atom stereocenters. The second kappa shape index (κ2) is 8.72. The van der Waals surface area contributed by atoms with E-state index < -0.39 is 23.0 Å². The first-order valence-corrected chi connectivity index (χ1v) is 10.6. The number of nitrogens with one attached hydrogen (secondary N) is 1. The zero-order valence-corrected chi connectivity index (χ0v) is 18.0. The summed E-state index contributed by atoms with van der Waals surface area (Å²) >= 11 is 0.777. The summed E-state index contributed by atoms with van der Waals surface area (Å²) in [5, 5.41) is 3.00. The van der Waals surface area contributed by atoms with Crippen molar-refractivity contribution < 1.29 is 19.2 Å². The molecule has 1 aliphatic rings. The average molecular weight is 449 g/mol. The van der Waals surface area contributed by atoms with Crippen molar-refractivity contribution in [1.29, 1.82) is 0 Å². The Morgan fingerprint density at radius 1 is 1.09 bits per heavy atom. The van der Waals surface area contributed by atoms with E-state index in [-0.39, 0.29) is 18.0 Å². The Morgan fingerprint density at radius 2 is 1.88 bits per heavy atom. The van der Waals surface area contributed by atoms with Crippen LogP contribution in [0.15, 0.2) is 59.6 Å². The van der Waals surface area contributed by atoms with Gasteiger partial charge in [0, 0.05) is 28.4 Å². The third-order valence-corrected chi connectivity index (χ3v) is 5.82. The van der Waals surface area contributed by atoms with Crippen LogP contribution in [-0.4, -0.2) is 39.0 Å². The fourth-order valence-corrected chi connectivity index (χ4v) is 4.36. The molecular formula is C23H20N4O4S. The molecule has 1 aliphatic heterocycles. The summed E-state index contributed by atoms with van der Waals surface area (Å²) in [6.07, 6.45) is 3.32. The highest BCUT2D eigenvalue weighted by Gasteiger charge is 2.36. The number of fused-ring (bicyclic) bond motifs is 1. The summed E-state index contributed by atoms with van der Waals surface area (Å²) in [6.45, 7) is 1.52. The van der Waals surface area contributed by atoms with Gasteiger partial charge in [-0.25, -0.2) is 0 Å². The summed E-state index contributed by atoms with van der Waals surface area (Å²) in [5.74, 6) is -1.49. The third kappa shape index (κ3) is 4.42. The minimum Gasteiger partial charge on any atom is -0.368 e. The number of imide groups is 1. The summed E-state index contributed by atoms with van der Waals surface area (Å²) in [7, 11) is 0. The number of carbonyl (C=O) groups excluding carboxylic acids is 4. The van der Waals surface area contributed by atoms with Crippen molar-refractivity contribution in [3.8, 4) is 0 Å². The van der Waals surface area contributed by atoms with Gasteiger partial charge >= 0.3 is 0 Å². The van der Waals surface area contributed by atoms with Crippen molar-refractivity contribution in [3.05, 3.63) is 70.8 Å². The molecule has 4 rings (SSSR count). The predicted molar refractivity (Wildman–Crippen MR) is 124 cm³/mol. The maximum absolute atomic E-state index is 12.8. The Hall–Kier alpha value is -3.85. The number of anilines is 1. The van der Waals surface area contributed by atoms with Crippen molar-refractivity contribution in [3.63, 3.8) is 0 Å². The molecule has 3 aromatic rings. The van der Waals surface area contributed by atoms with Gasteiger partial charge in [-0.1, -0.05) is 30.3 Å². The molecule has 0 saturated carbocycles. The normalized spacial score (nSPS) is 15.0. The highest BCUT2D eigenvalue weighted by Crippen LogP contribution is 2.34. The Kier molecular flexibility index (Phi) is 5.83. The molecule has 2 heterocycles. The number of para-hydroxylation sites is 1. The monoisotopic (exact) mass is 448 g/mol. The molecule has 162 valence electrons. The highest BCUT2D eigenvalue weighted by atomic mass is 32.2. The molecule has 0 bridgehead atoms. The molecule has 8 nitrogen and oxygen atoms in total. The first-order chi connectivity index (χ1) is 15.3. The van der Waals surface area contributed by atoms with Crippen LogP contribution in [0, 0.1) is 6.92 Å². The number of hydrogen-bond donors (Lipinski definition) is 2. The minimum absolute atomic E-state index is 0.00500. The maximum Gasteiger partial charge on any atom is 0.294 e. The number of nitrogens with zero attached hydrogens (tertiary/aromatic N) is 2. The quantitative estimate of drug-likeness (QED) is 0.563. The smallest absolute Gasteiger partial charge is 0.294 e. The number of rotatable bonds is 6. The van der Waals surface area contributed by atoms with Gasteiger partial charge in [0.05, 0.1) is 4.91 Å². The summed E-state index contributed by atoms with van der Waals surface area (Å²) in [4.78, 5) is 50.2. The first kappa shape index (κ1) is 21.4. The highest BCUT2D eigenvalue weighted by molar-refractivity contribution is 8.18. The molecular weight excluding hydrogens is 428 g/mol. The SMILES string of the molecule is Cc1cccc(NC(=O)CN2C(=O)S/C(=C/c3cn(CC(N)=O)c4ccccc34)C2=O)c1. The van der Waals surface area contributed by atoms with Gasteiger partial charge in [0.15, 0.2) is 0 Å². The zero-order valence-electron chi connectivity index (χ0n) is 17.2. The van der Waals surface area contributed by atoms with Crippen LogP contribution >= 0.6 is 11.8 Å². The second-order valence-corrected chi connectivity index (χ2v) is 8.37. The van der Waals surface area contributed by atoms with Crippen molar-refractivity contribution in [2.24, 2.45) is 5.73 Å². The molecule has 0 atom stereocenters. The number of thioether (sulfide) groups is 1. The molecule has 3 N–H and O–H groups in total. The van der Waals surface area contributed by atoms with Crippen molar-refractivity contribution in [2.75, 3.05) is 11.9 Å². The molecule has 0 spiro atoms. The number of aryl methyl sites for hydroxylation is 1. The van der Waals surface area contributed by atoms with Crippen molar-refractivity contribution >= 4 is 57.4 Å². The van der Waals surface area contributed by atoms with Gasteiger partial charge in [-0.2, -0.15) is 0 Å². The molecule has 1 saturated heterocycles. The molecule has 0 aliphatic carbocycles. The predicted octanol–water partition coefficient (Wildman–Crippen LogP) is 3.11. The number of aromatic nitrogens is 1. The van der Waals surface area contributed by atoms with Gasteiger partial charge in [0.2, 0.25) is 11.8 Å². The van der Waals surface area contributed by atoms with Crippen molar-refractivity contribution in [1.82, 2.24) is 9.47 Å². The van der Waals surface area contributed by atoms with Crippen LogP contribution in [0.5, 0.6) is 0 Å². The molecule has 32 heavy (non-hydrogen) atoms. The van der Waals surface area contributed by atoms with E-state index in [4.69, 9.17) is 5.73 Å². The van der Waals surface area contributed by atoms with Gasteiger partial charge in [0.25, 0.3) is 11.1 Å². The van der Waals surface area contributed by atoms with Gasteiger partial charge in [0.1, 0.15) is 13.1 Å². The third-order valence-electron chi connectivity index (χ3n) is 4.91. The Balaban J connectivity index is 1.55. The summed E-state index contributed by atoms with van der Waals surface area (Å²) in [5.41, 5.74) is 8.37. The van der Waals surface area contributed by atoms with E-state index in [2.05, 4.69) is 5.32 Å². The fraction of sp³-hybridized carbons (Fsp3) is 0.130. The number of amides is 4. The summed E-state index contributed by atoms with van der Waals surface area (Å²) < 4.78 is 1.70. The van der Waals surface area contributed by atoms with Gasteiger partial charge < -0.3 is 15.6 Å². The molecule has 2 aromatic carbocycles. The lowest BCUT2D eigenvalue weighted by atomic mass is 10.1. The number of carbonyl (C=O) groups is 4. The van der Waals surface area contributed by atoms with Crippen molar-refractivity contribution in [2.45, 2.75) is 13.5 Å². The minimum atomic E-state index is -0.536. The van der Waals surface area contributed by atoms with Crippen LogP contribution in [0.3, 0.4) is 0 Å². The lowest BCUT2D eigenvalue weighted by Gasteiger charge is -2.12. The van der Waals surface area contributed by atoms with E-state index >= 15 is 0 Å². The Morgan fingerprint density at radius 3 is 2.62 bits per heavy atom. The van der Waals surface area contributed by atoms with E-state index in [1.165, 1.54) is 0 Å².